The first-order valence-corrected chi connectivity index (χ1v) is 9.25. The molecule has 5 heteroatoms. The van der Waals surface area contributed by atoms with E-state index in [-0.39, 0.29) is 23.0 Å². The Bertz CT molecular complexity index is 1070. The number of hydrogen-bond donors (Lipinski definition) is 1. The molecule has 0 saturated heterocycles. The highest BCUT2D eigenvalue weighted by atomic mass is 16.5. The van der Waals surface area contributed by atoms with Crippen molar-refractivity contribution in [2.45, 2.75) is 38.0 Å². The summed E-state index contributed by atoms with van der Waals surface area (Å²) < 4.78 is 5.26. The number of benzene rings is 2. The summed E-state index contributed by atoms with van der Waals surface area (Å²) in [5, 5.41) is 2.21. The van der Waals surface area contributed by atoms with Crippen LogP contribution < -0.4 is 10.3 Å². The average Bonchev–Trinajstić information content (AvgIpc) is 3.51. The van der Waals surface area contributed by atoms with Crippen LogP contribution in [0.2, 0.25) is 0 Å². The zero-order valence-corrected chi connectivity index (χ0v) is 15.5. The molecule has 138 valence electrons. The quantitative estimate of drug-likeness (QED) is 0.668. The summed E-state index contributed by atoms with van der Waals surface area (Å²) in [5.74, 6) is 1.73. The van der Waals surface area contributed by atoms with Gasteiger partial charge in [-0.25, -0.2) is 4.98 Å². The van der Waals surface area contributed by atoms with Crippen molar-refractivity contribution in [3.8, 4) is 5.75 Å². The van der Waals surface area contributed by atoms with E-state index in [0.29, 0.717) is 18.2 Å². The Labute approximate surface area is 157 Å². The van der Waals surface area contributed by atoms with Crippen molar-refractivity contribution in [3.05, 3.63) is 69.9 Å². The second-order valence-corrected chi connectivity index (χ2v) is 7.29. The van der Waals surface area contributed by atoms with Crippen LogP contribution in [-0.4, -0.2) is 22.9 Å². The molecule has 3 aromatic rings. The number of Topliss-reactive ketones (excluding diaryl/α,β-unsaturated/α-hetero) is 1. The number of fused-ring (bicyclic) bond motifs is 1. The van der Waals surface area contributed by atoms with Gasteiger partial charge in [-0.15, -0.1) is 0 Å². The molecular formula is C22H22N2O3. The Morgan fingerprint density at radius 2 is 1.93 bits per heavy atom. The largest absolute Gasteiger partial charge is 0.497 e. The lowest BCUT2D eigenvalue weighted by Crippen LogP contribution is -2.16. The highest BCUT2D eigenvalue weighted by molar-refractivity contribution is 5.94. The molecule has 1 aromatic heterocycles. The van der Waals surface area contributed by atoms with E-state index >= 15 is 0 Å². The van der Waals surface area contributed by atoms with Crippen LogP contribution >= 0.6 is 0 Å². The molecule has 1 heterocycles. The average molecular weight is 362 g/mol. The molecule has 0 radical (unpaired) electrons. The van der Waals surface area contributed by atoms with Gasteiger partial charge in [0.1, 0.15) is 17.3 Å². The van der Waals surface area contributed by atoms with Crippen molar-refractivity contribution < 1.29 is 9.53 Å². The van der Waals surface area contributed by atoms with Crippen LogP contribution in [0.25, 0.3) is 10.8 Å². The van der Waals surface area contributed by atoms with Gasteiger partial charge in [0, 0.05) is 18.4 Å². The monoisotopic (exact) mass is 362 g/mol. The topological polar surface area (TPSA) is 72.1 Å². The smallest absolute Gasteiger partial charge is 0.251 e. The van der Waals surface area contributed by atoms with E-state index in [1.54, 1.807) is 7.11 Å². The summed E-state index contributed by atoms with van der Waals surface area (Å²) >= 11 is 0. The minimum atomic E-state index is -0.248. The van der Waals surface area contributed by atoms with Crippen molar-refractivity contribution in [1.82, 2.24) is 9.97 Å². The van der Waals surface area contributed by atoms with Crippen molar-refractivity contribution in [2.24, 2.45) is 0 Å². The number of rotatable bonds is 6. The van der Waals surface area contributed by atoms with Crippen LogP contribution in [0.5, 0.6) is 5.75 Å². The molecule has 1 saturated carbocycles. The molecule has 27 heavy (non-hydrogen) atoms. The second kappa shape index (κ2) is 6.99. The van der Waals surface area contributed by atoms with Gasteiger partial charge in [-0.2, -0.15) is 0 Å². The summed E-state index contributed by atoms with van der Waals surface area (Å²) in [4.78, 5) is 31.7. The second-order valence-electron chi connectivity index (χ2n) is 7.29. The van der Waals surface area contributed by atoms with Crippen LogP contribution in [0, 0.1) is 0 Å². The zero-order valence-electron chi connectivity index (χ0n) is 15.5. The summed E-state index contributed by atoms with van der Waals surface area (Å²) in [6.07, 6.45) is 2.37. The van der Waals surface area contributed by atoms with Crippen LogP contribution in [0.1, 0.15) is 59.9 Å². The van der Waals surface area contributed by atoms with Gasteiger partial charge in [0.25, 0.3) is 5.56 Å². The number of nitrogens with zero attached hydrogens (tertiary/aromatic N) is 1. The highest BCUT2D eigenvalue weighted by Gasteiger charge is 2.27. The minimum Gasteiger partial charge on any atom is -0.497 e. The maximum Gasteiger partial charge on any atom is 0.251 e. The molecule has 1 fully saturated rings. The predicted octanol–water partition coefficient (Wildman–Crippen LogP) is 4.19. The van der Waals surface area contributed by atoms with Crippen LogP contribution in [-0.2, 0) is 0 Å². The first-order valence-electron chi connectivity index (χ1n) is 9.25. The molecule has 0 spiro atoms. The number of aromatic nitrogens is 2. The Balaban J connectivity index is 1.54. The zero-order chi connectivity index (χ0) is 19.0. The number of ketones is 1. The molecule has 0 amide bonds. The number of carbonyl (C=O) groups excluding carboxylic acids is 1. The SMILES string of the molecule is COc1ccc2cc(C(C)CC(=O)c3cc(=O)[nH]c(C4CC4)n3)ccc2c1. The first kappa shape index (κ1) is 17.5. The third-order valence-electron chi connectivity index (χ3n) is 5.14. The molecule has 1 aliphatic rings. The first-order chi connectivity index (χ1) is 13.0. The van der Waals surface area contributed by atoms with E-state index in [1.807, 2.05) is 37.3 Å². The number of carbonyl (C=O) groups is 1. The van der Waals surface area contributed by atoms with Crippen LogP contribution in [0.15, 0.2) is 47.3 Å². The standard InChI is InChI=1S/C22H22N2O3/c1-13(15-5-6-17-11-18(27-2)8-7-16(17)10-15)9-20(25)19-12-21(26)24-22(23-19)14-3-4-14/h5-8,10-14H,3-4,9H2,1-2H3,(H,23,24,26). The van der Waals surface area contributed by atoms with Gasteiger partial charge in [-0.05, 0) is 47.2 Å². The molecule has 1 unspecified atom stereocenters. The third kappa shape index (κ3) is 3.77. The number of hydrogen-bond acceptors (Lipinski definition) is 4. The molecule has 0 aliphatic heterocycles. The minimum absolute atomic E-state index is 0.0365. The van der Waals surface area contributed by atoms with Crippen molar-refractivity contribution >= 4 is 16.6 Å². The highest BCUT2D eigenvalue weighted by Crippen LogP contribution is 2.37. The number of H-pyrrole nitrogens is 1. The lowest BCUT2D eigenvalue weighted by molar-refractivity contribution is 0.0970. The fraction of sp³-hybridized carbons (Fsp3) is 0.318. The Hall–Kier alpha value is -2.95. The van der Waals surface area contributed by atoms with Gasteiger partial charge >= 0.3 is 0 Å². The van der Waals surface area contributed by atoms with E-state index in [1.165, 1.54) is 6.07 Å². The predicted molar refractivity (Wildman–Crippen MR) is 105 cm³/mol. The van der Waals surface area contributed by atoms with Gasteiger partial charge in [-0.3, -0.25) is 9.59 Å². The lowest BCUT2D eigenvalue weighted by Gasteiger charge is -2.13. The summed E-state index contributed by atoms with van der Waals surface area (Å²) in [7, 11) is 1.65. The summed E-state index contributed by atoms with van der Waals surface area (Å²) in [5.41, 5.74) is 1.12. The third-order valence-corrected chi connectivity index (χ3v) is 5.14. The Morgan fingerprint density at radius 3 is 2.67 bits per heavy atom. The molecule has 5 nitrogen and oxygen atoms in total. The fourth-order valence-electron chi connectivity index (χ4n) is 3.35. The summed E-state index contributed by atoms with van der Waals surface area (Å²) in [6.45, 7) is 2.03. The number of nitrogens with one attached hydrogen (secondary N) is 1. The summed E-state index contributed by atoms with van der Waals surface area (Å²) in [6, 6.07) is 13.5. The molecule has 1 atom stereocenters. The number of methoxy groups -OCH3 is 1. The van der Waals surface area contributed by atoms with Crippen molar-refractivity contribution in [1.29, 1.82) is 0 Å². The maximum atomic E-state index is 12.7. The molecule has 1 aliphatic carbocycles. The lowest BCUT2D eigenvalue weighted by atomic mass is 9.93. The van der Waals surface area contributed by atoms with Crippen LogP contribution in [0.4, 0.5) is 0 Å². The Kier molecular flexibility index (Phi) is 4.52. The van der Waals surface area contributed by atoms with E-state index in [2.05, 4.69) is 16.0 Å². The van der Waals surface area contributed by atoms with Crippen molar-refractivity contribution in [3.63, 3.8) is 0 Å². The van der Waals surface area contributed by atoms with E-state index < -0.39 is 0 Å². The van der Waals surface area contributed by atoms with Crippen molar-refractivity contribution in [2.75, 3.05) is 7.11 Å². The van der Waals surface area contributed by atoms with E-state index in [9.17, 15) is 9.59 Å². The normalized spacial score (nSPS) is 14.9. The molecule has 1 N–H and O–H groups in total. The van der Waals surface area contributed by atoms with Gasteiger partial charge in [0.05, 0.1) is 7.11 Å². The van der Waals surface area contributed by atoms with Gasteiger partial charge in [-0.1, -0.05) is 31.2 Å². The molecule has 0 bridgehead atoms. The number of aromatic amines is 1. The number of ether oxygens (including phenoxy) is 1. The van der Waals surface area contributed by atoms with E-state index in [4.69, 9.17) is 4.74 Å². The van der Waals surface area contributed by atoms with Gasteiger partial charge in [0.2, 0.25) is 0 Å². The van der Waals surface area contributed by atoms with Gasteiger partial charge in [0.15, 0.2) is 5.78 Å². The Morgan fingerprint density at radius 1 is 1.19 bits per heavy atom. The van der Waals surface area contributed by atoms with Gasteiger partial charge < -0.3 is 9.72 Å². The van der Waals surface area contributed by atoms with E-state index in [0.717, 1.165) is 34.9 Å². The molecular weight excluding hydrogens is 340 g/mol. The molecule has 2 aromatic carbocycles. The molecule has 4 rings (SSSR count). The maximum absolute atomic E-state index is 12.7. The van der Waals surface area contributed by atoms with Crippen LogP contribution in [0.3, 0.4) is 0 Å². The fourth-order valence-corrected chi connectivity index (χ4v) is 3.35.